The molecule has 0 amide bonds. The maximum Gasteiger partial charge on any atom is 0.138 e. The van der Waals surface area contributed by atoms with Crippen LogP contribution in [0.1, 0.15) is 43.5 Å². The van der Waals surface area contributed by atoms with E-state index in [4.69, 9.17) is 17.0 Å². The van der Waals surface area contributed by atoms with Crippen LogP contribution in [-0.4, -0.2) is 41.1 Å². The van der Waals surface area contributed by atoms with Gasteiger partial charge >= 0.3 is 0 Å². The summed E-state index contributed by atoms with van der Waals surface area (Å²) in [5.41, 5.74) is 2.26. The van der Waals surface area contributed by atoms with Gasteiger partial charge in [0, 0.05) is 24.3 Å². The second-order valence-electron chi connectivity index (χ2n) is 5.04. The van der Waals surface area contributed by atoms with Crippen molar-refractivity contribution in [1.29, 1.82) is 0 Å². The minimum Gasteiger partial charge on any atom is -0.368 e. The van der Waals surface area contributed by atoms with Gasteiger partial charge < -0.3 is 9.72 Å². The Labute approximate surface area is 120 Å². The molecule has 2 heterocycles. The molecule has 1 unspecified atom stereocenters. The van der Waals surface area contributed by atoms with Crippen LogP contribution >= 0.6 is 12.2 Å². The van der Waals surface area contributed by atoms with E-state index >= 15 is 0 Å². The highest BCUT2D eigenvalue weighted by molar-refractivity contribution is 7.71. The molecule has 1 aromatic rings. The van der Waals surface area contributed by atoms with Gasteiger partial charge in [-0.05, 0) is 26.3 Å². The molecule has 2 rings (SSSR count). The first-order valence-corrected chi connectivity index (χ1v) is 7.50. The fourth-order valence-electron chi connectivity index (χ4n) is 2.59. The highest BCUT2D eigenvalue weighted by Crippen LogP contribution is 2.20. The molecule has 0 aromatic carbocycles. The van der Waals surface area contributed by atoms with Crippen LogP contribution in [-0.2, 0) is 11.2 Å². The molecule has 0 radical (unpaired) electrons. The van der Waals surface area contributed by atoms with Gasteiger partial charge in [0.15, 0.2) is 0 Å². The van der Waals surface area contributed by atoms with Gasteiger partial charge in [-0.2, -0.15) is 0 Å². The second-order valence-corrected chi connectivity index (χ2v) is 5.43. The van der Waals surface area contributed by atoms with Crippen molar-refractivity contribution in [2.75, 3.05) is 26.2 Å². The molecule has 5 heteroatoms. The molecule has 1 saturated heterocycles. The fraction of sp³-hybridized carbons (Fsp3) is 0.714. The monoisotopic (exact) mass is 281 g/mol. The van der Waals surface area contributed by atoms with Crippen LogP contribution in [0.4, 0.5) is 0 Å². The molecule has 106 valence electrons. The number of hydrogen-bond acceptors (Lipinski definition) is 4. The maximum absolute atomic E-state index is 5.84. The minimum atomic E-state index is 0.0200. The Morgan fingerprint density at radius 1 is 1.47 bits per heavy atom. The summed E-state index contributed by atoms with van der Waals surface area (Å²) in [5, 5.41) is 0. The highest BCUT2D eigenvalue weighted by atomic mass is 32.1. The van der Waals surface area contributed by atoms with Crippen LogP contribution in [0.15, 0.2) is 0 Å². The molecule has 0 aliphatic carbocycles. The minimum absolute atomic E-state index is 0.0200. The molecule has 1 aliphatic heterocycles. The number of aromatic amines is 1. The van der Waals surface area contributed by atoms with Crippen molar-refractivity contribution in [3.05, 3.63) is 21.7 Å². The molecule has 1 N–H and O–H groups in total. The van der Waals surface area contributed by atoms with Crippen molar-refractivity contribution in [3.8, 4) is 0 Å². The Kier molecular flexibility index (Phi) is 5.07. The standard InChI is InChI=1S/C14H23N3OS/c1-4-6-17-7-8-18-12(9-17)13-15-10(3)11(5-2)14(19)16-13/h12H,4-9H2,1-3H3,(H,15,16,19). The molecule has 1 atom stereocenters. The fourth-order valence-corrected chi connectivity index (χ4v) is 2.98. The van der Waals surface area contributed by atoms with Gasteiger partial charge in [-0.25, -0.2) is 4.98 Å². The van der Waals surface area contributed by atoms with E-state index in [1.165, 1.54) is 6.42 Å². The molecule has 0 spiro atoms. The van der Waals surface area contributed by atoms with Gasteiger partial charge in [0.1, 0.15) is 16.6 Å². The normalized spacial score (nSPS) is 20.7. The Hall–Kier alpha value is -0.780. The number of nitrogens with zero attached hydrogens (tertiary/aromatic N) is 2. The Morgan fingerprint density at radius 3 is 2.89 bits per heavy atom. The van der Waals surface area contributed by atoms with Gasteiger partial charge in [0.2, 0.25) is 0 Å². The molecule has 1 aliphatic rings. The van der Waals surface area contributed by atoms with E-state index in [-0.39, 0.29) is 6.10 Å². The largest absolute Gasteiger partial charge is 0.368 e. The first kappa shape index (κ1) is 14.6. The third-order valence-corrected chi connectivity index (χ3v) is 3.94. The van der Waals surface area contributed by atoms with E-state index in [2.05, 4.69) is 35.6 Å². The Bertz CT molecular complexity index is 484. The summed E-state index contributed by atoms with van der Waals surface area (Å²) in [6.45, 7) is 10.2. The van der Waals surface area contributed by atoms with Gasteiger partial charge in [-0.15, -0.1) is 0 Å². The zero-order valence-electron chi connectivity index (χ0n) is 12.0. The first-order chi connectivity index (χ1) is 9.15. The number of aromatic nitrogens is 2. The highest BCUT2D eigenvalue weighted by Gasteiger charge is 2.23. The van der Waals surface area contributed by atoms with E-state index in [1.54, 1.807) is 0 Å². The summed E-state index contributed by atoms with van der Waals surface area (Å²) in [5.74, 6) is 0.875. The van der Waals surface area contributed by atoms with Crippen LogP contribution in [0.3, 0.4) is 0 Å². The number of aryl methyl sites for hydroxylation is 1. The average molecular weight is 281 g/mol. The smallest absolute Gasteiger partial charge is 0.138 e. The van der Waals surface area contributed by atoms with Crippen LogP contribution in [0.2, 0.25) is 0 Å². The average Bonchev–Trinajstić information content (AvgIpc) is 2.39. The molecule has 0 bridgehead atoms. The quantitative estimate of drug-likeness (QED) is 0.862. The van der Waals surface area contributed by atoms with Crippen molar-refractivity contribution in [2.24, 2.45) is 0 Å². The number of ether oxygens (including phenoxy) is 1. The molecular weight excluding hydrogens is 258 g/mol. The Balaban J connectivity index is 2.20. The number of rotatable bonds is 4. The van der Waals surface area contributed by atoms with E-state index in [0.29, 0.717) is 4.64 Å². The Morgan fingerprint density at radius 2 is 2.26 bits per heavy atom. The van der Waals surface area contributed by atoms with Gasteiger partial charge in [-0.1, -0.05) is 26.1 Å². The summed E-state index contributed by atoms with van der Waals surface area (Å²) in [7, 11) is 0. The maximum atomic E-state index is 5.84. The molecule has 0 saturated carbocycles. The lowest BCUT2D eigenvalue weighted by Crippen LogP contribution is -2.39. The summed E-state index contributed by atoms with van der Waals surface area (Å²) in [6.07, 6.45) is 2.11. The predicted molar refractivity (Wildman–Crippen MR) is 79.0 cm³/mol. The molecular formula is C14H23N3OS. The lowest BCUT2D eigenvalue weighted by Gasteiger charge is -2.32. The molecule has 4 nitrogen and oxygen atoms in total. The number of morpholine rings is 1. The topological polar surface area (TPSA) is 41.1 Å². The molecule has 1 aromatic heterocycles. The second kappa shape index (κ2) is 6.59. The SMILES string of the molecule is CCCN1CCOC(c2nc(=S)c(CC)c(C)[nH]2)C1. The zero-order chi connectivity index (χ0) is 13.8. The van der Waals surface area contributed by atoms with Gasteiger partial charge in [0.25, 0.3) is 0 Å². The van der Waals surface area contributed by atoms with Crippen molar-refractivity contribution in [1.82, 2.24) is 14.9 Å². The van der Waals surface area contributed by atoms with E-state index in [1.807, 2.05) is 0 Å². The van der Waals surface area contributed by atoms with Crippen LogP contribution in [0.5, 0.6) is 0 Å². The van der Waals surface area contributed by atoms with Crippen molar-refractivity contribution < 1.29 is 4.74 Å². The zero-order valence-corrected chi connectivity index (χ0v) is 12.8. The van der Waals surface area contributed by atoms with Crippen LogP contribution < -0.4 is 0 Å². The number of hydrogen-bond donors (Lipinski definition) is 1. The number of H-pyrrole nitrogens is 1. The summed E-state index contributed by atoms with van der Waals surface area (Å²) in [6, 6.07) is 0. The van der Waals surface area contributed by atoms with E-state index < -0.39 is 0 Å². The van der Waals surface area contributed by atoms with Gasteiger partial charge in [-0.3, -0.25) is 4.90 Å². The van der Waals surface area contributed by atoms with Crippen LogP contribution in [0.25, 0.3) is 0 Å². The number of nitrogens with one attached hydrogen (secondary N) is 1. The lowest BCUT2D eigenvalue weighted by atomic mass is 10.2. The van der Waals surface area contributed by atoms with Crippen molar-refractivity contribution >= 4 is 12.2 Å². The summed E-state index contributed by atoms with van der Waals surface area (Å²) < 4.78 is 6.56. The van der Waals surface area contributed by atoms with Gasteiger partial charge in [0.05, 0.1) is 6.61 Å². The van der Waals surface area contributed by atoms with E-state index in [9.17, 15) is 0 Å². The molecule has 1 fully saturated rings. The van der Waals surface area contributed by atoms with E-state index in [0.717, 1.165) is 49.7 Å². The third kappa shape index (κ3) is 3.41. The summed E-state index contributed by atoms with van der Waals surface area (Å²) >= 11 is 5.38. The summed E-state index contributed by atoms with van der Waals surface area (Å²) in [4.78, 5) is 10.3. The third-order valence-electron chi connectivity index (χ3n) is 3.60. The molecule has 19 heavy (non-hydrogen) atoms. The van der Waals surface area contributed by atoms with Crippen LogP contribution in [0, 0.1) is 11.6 Å². The first-order valence-electron chi connectivity index (χ1n) is 7.09. The van der Waals surface area contributed by atoms with Crippen molar-refractivity contribution in [2.45, 2.75) is 39.7 Å². The van der Waals surface area contributed by atoms with Crippen molar-refractivity contribution in [3.63, 3.8) is 0 Å². The predicted octanol–water partition coefficient (Wildman–Crippen LogP) is 2.79. The lowest BCUT2D eigenvalue weighted by molar-refractivity contribution is -0.0343.